The van der Waals surface area contributed by atoms with Crippen LogP contribution in [0.3, 0.4) is 0 Å². The molecule has 5 nitrogen and oxygen atoms in total. The highest BCUT2D eigenvalue weighted by Gasteiger charge is 2.26. The number of aromatic hydroxyl groups is 2. The summed E-state index contributed by atoms with van der Waals surface area (Å²) in [4.78, 5) is 5.49. The van der Waals surface area contributed by atoms with Crippen molar-refractivity contribution >= 4 is 21.8 Å². The maximum atomic E-state index is 12.1. The summed E-state index contributed by atoms with van der Waals surface area (Å²) >= 11 is 0. The minimum Gasteiger partial charge on any atom is -0.507 e. The molecule has 262 valence electrons. The molecule has 5 heteroatoms. The Morgan fingerprint density at radius 2 is 0.796 bits per heavy atom. The molecule has 0 unspecified atom stereocenters. The molecule has 0 fully saturated rings. The van der Waals surface area contributed by atoms with Crippen molar-refractivity contribution < 1.29 is 10.2 Å². The average molecular weight is 702 g/mol. The smallest absolute Gasteiger partial charge is 0.132 e. The van der Waals surface area contributed by atoms with Gasteiger partial charge in [-0.25, -0.2) is 4.98 Å². The normalized spacial score (nSPS) is 11.5. The predicted molar refractivity (Wildman–Crippen MR) is 223 cm³/mol. The van der Waals surface area contributed by atoms with Crippen LogP contribution in [0.25, 0.3) is 89.1 Å². The van der Waals surface area contributed by atoms with Crippen molar-refractivity contribution in [3.8, 4) is 78.8 Å². The van der Waals surface area contributed by atoms with Crippen LogP contribution in [-0.2, 0) is 14.1 Å². The third-order valence-corrected chi connectivity index (χ3v) is 10.7. The van der Waals surface area contributed by atoms with Gasteiger partial charge in [-0.1, -0.05) is 103 Å². The SMILES string of the molecule is Cc1cc(-c2ccccc2)c(O)c(-c2c(-c3cccc(-c4c(-c5cc(C)cc(-c6ccccc6)c5O)n(C)c5ccccc45)n3)c3ccccc3n2C)c1. The monoisotopic (exact) mass is 701 g/mol. The van der Waals surface area contributed by atoms with Gasteiger partial charge in [0.2, 0.25) is 0 Å². The molecule has 0 aliphatic heterocycles. The van der Waals surface area contributed by atoms with Crippen LogP contribution in [-0.4, -0.2) is 24.3 Å². The fourth-order valence-corrected chi connectivity index (χ4v) is 8.24. The Balaban J connectivity index is 1.31. The highest BCUT2D eigenvalue weighted by molar-refractivity contribution is 6.08. The molecule has 0 saturated heterocycles. The van der Waals surface area contributed by atoms with Gasteiger partial charge in [-0.05, 0) is 84.6 Å². The van der Waals surface area contributed by atoms with Crippen LogP contribution in [0.15, 0.2) is 152 Å². The van der Waals surface area contributed by atoms with Gasteiger partial charge in [0.05, 0.1) is 22.8 Å². The second kappa shape index (κ2) is 13.0. The standard InChI is InChI=1S/C49H39N3O2/c1-30-26-36(32-16-7-5-8-17-32)48(53)38(28-30)46-44(34-20-11-13-24-42(34)51(46)3)40-22-15-23-41(50-40)45-35-21-12-14-25-43(35)52(4)47(45)39-29-31(2)27-37(49(39)54)33-18-9-6-10-19-33/h5-29,53-54H,1-4H3. The summed E-state index contributed by atoms with van der Waals surface area (Å²) in [5.74, 6) is 0.464. The van der Waals surface area contributed by atoms with Crippen molar-refractivity contribution in [3.63, 3.8) is 0 Å². The molecule has 0 bridgehead atoms. The second-order valence-corrected chi connectivity index (χ2v) is 14.2. The quantitative estimate of drug-likeness (QED) is 0.181. The lowest BCUT2D eigenvalue weighted by Crippen LogP contribution is -1.97. The van der Waals surface area contributed by atoms with Gasteiger partial charge in [0.25, 0.3) is 0 Å². The van der Waals surface area contributed by atoms with E-state index in [0.29, 0.717) is 0 Å². The Morgan fingerprint density at radius 1 is 0.426 bits per heavy atom. The fraction of sp³-hybridized carbons (Fsp3) is 0.0816. The Hall–Kier alpha value is -6.85. The van der Waals surface area contributed by atoms with Gasteiger partial charge >= 0.3 is 0 Å². The van der Waals surface area contributed by atoms with Gasteiger partial charge < -0.3 is 19.3 Å². The largest absolute Gasteiger partial charge is 0.507 e. The highest BCUT2D eigenvalue weighted by Crippen LogP contribution is 2.49. The maximum Gasteiger partial charge on any atom is 0.132 e. The number of nitrogens with zero attached hydrogens (tertiary/aromatic N) is 3. The van der Waals surface area contributed by atoms with E-state index < -0.39 is 0 Å². The first-order valence-corrected chi connectivity index (χ1v) is 18.2. The first-order chi connectivity index (χ1) is 26.3. The van der Waals surface area contributed by atoms with Crippen molar-refractivity contribution in [1.82, 2.24) is 14.1 Å². The lowest BCUT2D eigenvalue weighted by atomic mass is 9.93. The molecule has 54 heavy (non-hydrogen) atoms. The number of rotatable bonds is 6. The van der Waals surface area contributed by atoms with Crippen molar-refractivity contribution in [2.24, 2.45) is 14.1 Å². The first kappa shape index (κ1) is 33.0. The molecule has 3 aromatic heterocycles. The van der Waals surface area contributed by atoms with Gasteiger partial charge in [-0.3, -0.25) is 0 Å². The number of hydrogen-bond acceptors (Lipinski definition) is 3. The fourth-order valence-electron chi connectivity index (χ4n) is 8.24. The van der Waals surface area contributed by atoms with E-state index in [2.05, 4.69) is 104 Å². The van der Waals surface area contributed by atoms with E-state index in [9.17, 15) is 10.2 Å². The van der Waals surface area contributed by atoms with E-state index >= 15 is 0 Å². The van der Waals surface area contributed by atoms with Gasteiger partial charge in [0.1, 0.15) is 11.5 Å². The predicted octanol–water partition coefficient (Wildman–Crippen LogP) is 12.1. The zero-order chi connectivity index (χ0) is 37.1. The van der Waals surface area contributed by atoms with Crippen molar-refractivity contribution in [1.29, 1.82) is 0 Å². The van der Waals surface area contributed by atoms with Crippen molar-refractivity contribution in [3.05, 3.63) is 163 Å². The lowest BCUT2D eigenvalue weighted by Gasteiger charge is -2.16. The number of aryl methyl sites for hydroxylation is 4. The van der Waals surface area contributed by atoms with Crippen LogP contribution >= 0.6 is 0 Å². The summed E-state index contributed by atoms with van der Waals surface area (Å²) in [5.41, 5.74) is 14.4. The number of para-hydroxylation sites is 2. The average Bonchev–Trinajstić information content (AvgIpc) is 3.67. The summed E-state index contributed by atoms with van der Waals surface area (Å²) in [7, 11) is 4.12. The minimum atomic E-state index is 0.232. The van der Waals surface area contributed by atoms with Crippen LogP contribution in [0.1, 0.15) is 11.1 Å². The van der Waals surface area contributed by atoms with E-state index in [1.54, 1.807) is 0 Å². The molecular formula is C49H39N3O2. The van der Waals surface area contributed by atoms with Crippen molar-refractivity contribution in [2.75, 3.05) is 0 Å². The number of aromatic nitrogens is 3. The van der Waals surface area contributed by atoms with E-state index in [4.69, 9.17) is 4.98 Å². The maximum absolute atomic E-state index is 12.1. The number of fused-ring (bicyclic) bond motifs is 2. The van der Waals surface area contributed by atoms with E-state index in [0.717, 1.165) is 100 Å². The molecule has 9 rings (SSSR count). The van der Waals surface area contributed by atoms with Gasteiger partial charge in [0.15, 0.2) is 0 Å². The summed E-state index contributed by atoms with van der Waals surface area (Å²) in [6.07, 6.45) is 0. The van der Waals surface area contributed by atoms with Crippen LogP contribution in [0.5, 0.6) is 11.5 Å². The summed E-state index contributed by atoms with van der Waals surface area (Å²) in [6, 6.07) is 51.2. The summed E-state index contributed by atoms with van der Waals surface area (Å²) in [6.45, 7) is 4.14. The summed E-state index contributed by atoms with van der Waals surface area (Å²) < 4.78 is 4.34. The van der Waals surface area contributed by atoms with E-state index in [1.807, 2.05) is 84.9 Å². The third kappa shape index (κ3) is 5.28. The topological polar surface area (TPSA) is 63.2 Å². The molecule has 0 radical (unpaired) electrons. The second-order valence-electron chi connectivity index (χ2n) is 14.2. The summed E-state index contributed by atoms with van der Waals surface area (Å²) in [5, 5.41) is 26.2. The number of phenolic OH excluding ortho intramolecular Hbond substituents is 2. The number of benzene rings is 6. The molecule has 9 aromatic rings. The molecular weight excluding hydrogens is 663 g/mol. The Labute approximate surface area is 314 Å². The Kier molecular flexibility index (Phi) is 7.93. The van der Waals surface area contributed by atoms with Gasteiger partial charge in [-0.2, -0.15) is 0 Å². The van der Waals surface area contributed by atoms with Crippen LogP contribution in [0.4, 0.5) is 0 Å². The molecule has 0 aliphatic carbocycles. The van der Waals surface area contributed by atoms with Gasteiger partial charge in [-0.15, -0.1) is 0 Å². The molecule has 3 heterocycles. The zero-order valence-corrected chi connectivity index (χ0v) is 30.7. The van der Waals surface area contributed by atoms with E-state index in [1.165, 1.54) is 0 Å². The minimum absolute atomic E-state index is 0.232. The van der Waals surface area contributed by atoms with Crippen LogP contribution < -0.4 is 0 Å². The molecule has 0 amide bonds. The Bertz CT molecular complexity index is 2690. The van der Waals surface area contributed by atoms with Gasteiger partial charge in [0, 0.05) is 69.3 Å². The Morgan fingerprint density at radius 3 is 1.22 bits per heavy atom. The third-order valence-electron chi connectivity index (χ3n) is 10.7. The number of pyridine rings is 1. The van der Waals surface area contributed by atoms with Crippen LogP contribution in [0, 0.1) is 13.8 Å². The molecule has 0 saturated carbocycles. The molecule has 0 spiro atoms. The van der Waals surface area contributed by atoms with Crippen molar-refractivity contribution in [2.45, 2.75) is 13.8 Å². The first-order valence-electron chi connectivity index (χ1n) is 18.2. The number of phenols is 2. The molecule has 2 N–H and O–H groups in total. The highest BCUT2D eigenvalue weighted by atomic mass is 16.3. The molecule has 0 atom stereocenters. The lowest BCUT2D eigenvalue weighted by molar-refractivity contribution is 0.478. The number of hydrogen-bond donors (Lipinski definition) is 2. The van der Waals surface area contributed by atoms with E-state index in [-0.39, 0.29) is 11.5 Å². The van der Waals surface area contributed by atoms with Crippen LogP contribution in [0.2, 0.25) is 0 Å². The molecule has 0 aliphatic rings. The molecule has 6 aromatic carbocycles. The zero-order valence-electron chi connectivity index (χ0n) is 30.7.